The van der Waals surface area contributed by atoms with Crippen LogP contribution in [0.15, 0.2) is 89.0 Å². The number of hydrogen-bond acceptors (Lipinski definition) is 6. The molecule has 0 aliphatic heterocycles. The minimum Gasteiger partial charge on any atom is -0.454 e. The molecule has 9 nitrogen and oxygen atoms in total. The third-order valence-corrected chi connectivity index (χ3v) is 7.01. The molecule has 0 atom stereocenters. The highest BCUT2D eigenvalue weighted by atomic mass is 19.1. The summed E-state index contributed by atoms with van der Waals surface area (Å²) in [6.07, 6.45) is 7.90. The molecule has 11 heteroatoms. The molecule has 0 spiro atoms. The first-order chi connectivity index (χ1) is 20.2. The maximum Gasteiger partial charge on any atom is 0.335 e. The van der Waals surface area contributed by atoms with Crippen LogP contribution in [-0.2, 0) is 20.0 Å². The Morgan fingerprint density at radius 3 is 2.50 bits per heavy atom. The molecule has 0 amide bonds. The van der Waals surface area contributed by atoms with E-state index in [9.17, 15) is 18.8 Å². The Labute approximate surface area is 238 Å². The summed E-state index contributed by atoms with van der Waals surface area (Å²) < 4.78 is 38.2. The largest absolute Gasteiger partial charge is 0.454 e. The van der Waals surface area contributed by atoms with Gasteiger partial charge in [0.25, 0.3) is 5.56 Å². The van der Waals surface area contributed by atoms with E-state index in [0.717, 1.165) is 35.1 Å². The van der Waals surface area contributed by atoms with Crippen molar-refractivity contribution < 1.29 is 18.3 Å². The Balaban J connectivity index is 1.25. The van der Waals surface area contributed by atoms with Crippen molar-refractivity contribution >= 4 is 5.78 Å². The van der Waals surface area contributed by atoms with Crippen molar-refractivity contribution in [3.8, 4) is 28.4 Å². The smallest absolute Gasteiger partial charge is 0.335 e. The number of carbonyl (C=O) groups excluding carboxylic acids is 1. The Morgan fingerprint density at radius 2 is 1.81 bits per heavy atom. The number of Topliss-reactive ketones (excluding diaryl/α,β-unsaturated/α-hetero) is 1. The van der Waals surface area contributed by atoms with Crippen molar-refractivity contribution in [2.24, 2.45) is 13.0 Å². The average Bonchev–Trinajstić information content (AvgIpc) is 3.69. The summed E-state index contributed by atoms with van der Waals surface area (Å²) in [5.41, 5.74) is 0.234. The number of carbonyl (C=O) groups is 1. The highest BCUT2D eigenvalue weighted by molar-refractivity contribution is 5.97. The van der Waals surface area contributed by atoms with Crippen molar-refractivity contribution in [2.45, 2.75) is 25.8 Å². The lowest BCUT2D eigenvalue weighted by Gasteiger charge is -2.13. The molecule has 0 saturated heterocycles. The molecule has 1 aliphatic carbocycles. The zero-order valence-electron chi connectivity index (χ0n) is 22.5. The van der Waals surface area contributed by atoms with Crippen LogP contribution in [0.2, 0.25) is 0 Å². The molecule has 2 aromatic carbocycles. The number of nitrogens with zero attached hydrogens (tertiary/aromatic N) is 5. The first kappa shape index (κ1) is 27.0. The maximum absolute atomic E-state index is 15.1. The molecule has 1 aliphatic rings. The lowest BCUT2D eigenvalue weighted by molar-refractivity contribution is 0.0990. The molecular weight excluding hydrogens is 544 g/mol. The van der Waals surface area contributed by atoms with Crippen LogP contribution in [0.1, 0.15) is 28.8 Å². The van der Waals surface area contributed by atoms with Crippen LogP contribution in [0.5, 0.6) is 11.5 Å². The molecule has 1 fully saturated rings. The number of aryl methyl sites for hydroxylation is 1. The maximum atomic E-state index is 15.1. The molecule has 0 bridgehead atoms. The predicted octanol–water partition coefficient (Wildman–Crippen LogP) is 4.70. The molecule has 0 N–H and O–H groups in total. The van der Waals surface area contributed by atoms with Gasteiger partial charge < -0.3 is 4.74 Å². The summed E-state index contributed by atoms with van der Waals surface area (Å²) in [5.74, 6) is -1.19. The van der Waals surface area contributed by atoms with E-state index >= 15 is 4.39 Å². The van der Waals surface area contributed by atoms with Crippen molar-refractivity contribution in [3.63, 3.8) is 0 Å². The Hall–Kier alpha value is -5.19. The number of pyridine rings is 1. The highest BCUT2D eigenvalue weighted by Gasteiger charge is 2.25. The van der Waals surface area contributed by atoms with Crippen LogP contribution in [0.3, 0.4) is 0 Å². The van der Waals surface area contributed by atoms with Gasteiger partial charge in [0.1, 0.15) is 17.1 Å². The molecule has 1 saturated carbocycles. The minimum atomic E-state index is -0.814. The number of aromatic nitrogens is 5. The quantitative estimate of drug-likeness (QED) is 0.239. The van der Waals surface area contributed by atoms with Gasteiger partial charge in [-0.05, 0) is 66.8 Å². The van der Waals surface area contributed by atoms with Crippen LogP contribution in [0.25, 0.3) is 16.9 Å². The number of hydrogen-bond donors (Lipinski definition) is 0. The van der Waals surface area contributed by atoms with E-state index in [4.69, 9.17) is 4.74 Å². The first-order valence-corrected chi connectivity index (χ1v) is 13.3. The van der Waals surface area contributed by atoms with Gasteiger partial charge in [-0.25, -0.2) is 18.1 Å². The number of halogens is 2. The molecular formula is C31H25F2N5O4. The second-order valence-electron chi connectivity index (χ2n) is 10.3. The van der Waals surface area contributed by atoms with Crippen molar-refractivity contribution in [1.82, 2.24) is 23.9 Å². The fourth-order valence-electron chi connectivity index (χ4n) is 4.65. The fraction of sp³-hybridized carbons (Fsp3) is 0.194. The van der Waals surface area contributed by atoms with Crippen molar-refractivity contribution in [3.05, 3.63) is 123 Å². The standard InChI is InChI=1S/C31H25F2N5O4/c1-36-17-21(15-35-36)27-14-24(10-11-34-27)42-29-9-4-20(12-26(29)33)13-28(39)25-18-37(16-19-2-3-19)31(41)38(30(25)40)23-7-5-22(32)6-8-23/h4-12,14-15,17-19H,2-3,13,16H2,1H3. The molecule has 212 valence electrons. The van der Waals surface area contributed by atoms with Crippen LogP contribution in [0, 0.1) is 17.6 Å². The first-order valence-electron chi connectivity index (χ1n) is 13.3. The zero-order valence-corrected chi connectivity index (χ0v) is 22.5. The van der Waals surface area contributed by atoms with Gasteiger partial charge in [-0.3, -0.25) is 23.8 Å². The van der Waals surface area contributed by atoms with Crippen LogP contribution in [0.4, 0.5) is 8.78 Å². The zero-order chi connectivity index (χ0) is 29.4. The molecule has 0 unspecified atom stereocenters. The second kappa shape index (κ2) is 11.0. The van der Waals surface area contributed by atoms with Gasteiger partial charge in [0, 0.05) is 50.2 Å². The van der Waals surface area contributed by atoms with Crippen LogP contribution >= 0.6 is 0 Å². The number of ketones is 1. The summed E-state index contributed by atoms with van der Waals surface area (Å²) in [7, 11) is 1.79. The summed E-state index contributed by atoms with van der Waals surface area (Å²) in [5, 5.41) is 4.13. The monoisotopic (exact) mass is 569 g/mol. The van der Waals surface area contributed by atoms with Gasteiger partial charge in [0.15, 0.2) is 17.3 Å². The van der Waals surface area contributed by atoms with E-state index < -0.39 is 28.7 Å². The van der Waals surface area contributed by atoms with E-state index in [0.29, 0.717) is 23.6 Å². The second-order valence-corrected chi connectivity index (χ2v) is 10.3. The lowest BCUT2D eigenvalue weighted by atomic mass is 10.0. The summed E-state index contributed by atoms with van der Waals surface area (Å²) >= 11 is 0. The topological polar surface area (TPSA) is 101 Å². The molecule has 3 aromatic heterocycles. The summed E-state index contributed by atoms with van der Waals surface area (Å²) in [6.45, 7) is 0.360. The Kier molecular flexibility index (Phi) is 7.07. The predicted molar refractivity (Wildman–Crippen MR) is 150 cm³/mol. The van der Waals surface area contributed by atoms with Crippen molar-refractivity contribution in [2.75, 3.05) is 0 Å². The third-order valence-electron chi connectivity index (χ3n) is 7.01. The Bertz CT molecular complexity index is 1920. The molecule has 0 radical (unpaired) electrons. The molecule has 6 rings (SSSR count). The average molecular weight is 570 g/mol. The van der Waals surface area contributed by atoms with E-state index in [-0.39, 0.29) is 29.3 Å². The molecule has 5 aromatic rings. The van der Waals surface area contributed by atoms with Gasteiger partial charge in [0.05, 0.1) is 17.6 Å². The third kappa shape index (κ3) is 5.67. The van der Waals surface area contributed by atoms with E-state index in [1.807, 2.05) is 0 Å². The number of benzene rings is 2. The Morgan fingerprint density at radius 1 is 1.02 bits per heavy atom. The van der Waals surface area contributed by atoms with E-state index in [2.05, 4.69) is 10.1 Å². The summed E-state index contributed by atoms with van der Waals surface area (Å²) in [6, 6.07) is 12.3. The highest BCUT2D eigenvalue weighted by Crippen LogP contribution is 2.30. The van der Waals surface area contributed by atoms with E-state index in [1.165, 1.54) is 41.1 Å². The number of rotatable bonds is 9. The SMILES string of the molecule is Cn1cc(-c2cc(Oc3ccc(CC(=O)c4cn(CC5CC5)c(=O)n(-c5ccc(F)cc5)c4=O)cc3F)ccn2)cn1. The van der Waals surface area contributed by atoms with Crippen molar-refractivity contribution in [1.29, 1.82) is 0 Å². The van der Waals surface area contributed by atoms with Gasteiger partial charge in [-0.2, -0.15) is 5.10 Å². The van der Waals surface area contributed by atoms with Gasteiger partial charge in [-0.1, -0.05) is 6.07 Å². The minimum absolute atomic E-state index is 0.0498. The van der Waals surface area contributed by atoms with Crippen LogP contribution in [-0.4, -0.2) is 29.7 Å². The lowest BCUT2D eigenvalue weighted by Crippen LogP contribution is -2.41. The normalized spacial score (nSPS) is 12.8. The van der Waals surface area contributed by atoms with Gasteiger partial charge in [-0.15, -0.1) is 0 Å². The molecule has 3 heterocycles. The number of ether oxygens (including phenoxy) is 1. The molecule has 42 heavy (non-hydrogen) atoms. The van der Waals surface area contributed by atoms with Gasteiger partial charge >= 0.3 is 5.69 Å². The van der Waals surface area contributed by atoms with Crippen LogP contribution < -0.4 is 16.0 Å². The fourth-order valence-corrected chi connectivity index (χ4v) is 4.65. The van der Waals surface area contributed by atoms with E-state index in [1.54, 1.807) is 42.5 Å². The van der Waals surface area contributed by atoms with Gasteiger partial charge in [0.2, 0.25) is 0 Å². The summed E-state index contributed by atoms with van der Waals surface area (Å²) in [4.78, 5) is 44.1.